The molecule has 5 nitrogen and oxygen atoms in total. The highest BCUT2D eigenvalue weighted by Gasteiger charge is 2.45. The van der Waals surface area contributed by atoms with Gasteiger partial charge in [-0.2, -0.15) is 0 Å². The Balaban J connectivity index is 2.17. The summed E-state index contributed by atoms with van der Waals surface area (Å²) in [5, 5.41) is 18.4. The number of carboxylic acids is 1. The predicted molar refractivity (Wildman–Crippen MR) is 62.5 cm³/mol. The molecule has 0 aromatic rings. The molecule has 1 aliphatic rings. The molecule has 0 radical (unpaired) electrons. The molecule has 0 aromatic carbocycles. The molecule has 1 rings (SSSR count). The Kier molecular flexibility index (Phi) is 4.51. The second-order valence-electron chi connectivity index (χ2n) is 5.11. The number of rotatable bonds is 6. The van der Waals surface area contributed by atoms with E-state index in [9.17, 15) is 14.7 Å². The third kappa shape index (κ3) is 3.70. The molecule has 0 aromatic heterocycles. The number of carbonyl (C=O) groups is 2. The van der Waals surface area contributed by atoms with Crippen molar-refractivity contribution in [2.75, 3.05) is 13.1 Å². The van der Waals surface area contributed by atoms with Gasteiger partial charge in [0.2, 0.25) is 5.91 Å². The number of aliphatic carboxylic acids is 1. The molecule has 17 heavy (non-hydrogen) atoms. The smallest absolute Gasteiger partial charge is 0.303 e. The van der Waals surface area contributed by atoms with Crippen molar-refractivity contribution in [2.45, 2.75) is 45.1 Å². The highest BCUT2D eigenvalue weighted by atomic mass is 16.4. The molecule has 0 bridgehead atoms. The van der Waals surface area contributed by atoms with E-state index < -0.39 is 11.6 Å². The van der Waals surface area contributed by atoms with E-state index in [0.717, 1.165) is 0 Å². The van der Waals surface area contributed by atoms with E-state index in [1.807, 2.05) is 13.8 Å². The summed E-state index contributed by atoms with van der Waals surface area (Å²) in [6, 6.07) is 0. The maximum atomic E-state index is 11.6. The highest BCUT2D eigenvalue weighted by molar-refractivity contribution is 5.77. The van der Waals surface area contributed by atoms with Crippen LogP contribution in [0.4, 0.5) is 0 Å². The topological polar surface area (TPSA) is 77.8 Å². The summed E-state index contributed by atoms with van der Waals surface area (Å²) >= 11 is 0. The molecule has 1 saturated heterocycles. The molecule has 0 spiro atoms. The van der Waals surface area contributed by atoms with Gasteiger partial charge in [-0.1, -0.05) is 13.8 Å². The van der Waals surface area contributed by atoms with Crippen LogP contribution in [0.5, 0.6) is 0 Å². The second kappa shape index (κ2) is 5.49. The van der Waals surface area contributed by atoms with Gasteiger partial charge in [-0.05, 0) is 18.8 Å². The van der Waals surface area contributed by atoms with E-state index in [4.69, 9.17) is 5.11 Å². The SMILES string of the molecule is CC(C)C1(O)CN(C(=O)CCCCC(=O)O)C1. The first-order chi connectivity index (χ1) is 7.85. The highest BCUT2D eigenvalue weighted by Crippen LogP contribution is 2.29. The van der Waals surface area contributed by atoms with Gasteiger partial charge < -0.3 is 15.1 Å². The number of likely N-dealkylation sites (tertiary alicyclic amines) is 1. The fourth-order valence-electron chi connectivity index (χ4n) is 1.87. The molecule has 1 fully saturated rings. The Morgan fingerprint density at radius 3 is 2.24 bits per heavy atom. The van der Waals surface area contributed by atoms with Gasteiger partial charge in [0.25, 0.3) is 0 Å². The normalized spacial score (nSPS) is 18.0. The van der Waals surface area contributed by atoms with Crippen LogP contribution in [0, 0.1) is 5.92 Å². The first kappa shape index (κ1) is 14.0. The minimum absolute atomic E-state index is 0.0145. The van der Waals surface area contributed by atoms with Crippen LogP contribution < -0.4 is 0 Å². The Morgan fingerprint density at radius 1 is 1.24 bits per heavy atom. The number of unbranched alkanes of at least 4 members (excludes halogenated alkanes) is 1. The Hall–Kier alpha value is -1.10. The van der Waals surface area contributed by atoms with Gasteiger partial charge in [0, 0.05) is 12.8 Å². The van der Waals surface area contributed by atoms with E-state index in [-0.39, 0.29) is 18.2 Å². The largest absolute Gasteiger partial charge is 0.481 e. The summed E-state index contributed by atoms with van der Waals surface area (Å²) in [7, 11) is 0. The molecule has 0 aliphatic carbocycles. The molecule has 98 valence electrons. The Morgan fingerprint density at radius 2 is 1.76 bits per heavy atom. The molecule has 1 amide bonds. The summed E-state index contributed by atoms with van der Waals surface area (Å²) in [5.74, 6) is -0.658. The number of carbonyl (C=O) groups excluding carboxylic acids is 1. The van der Waals surface area contributed by atoms with Crippen LogP contribution in [0.25, 0.3) is 0 Å². The maximum absolute atomic E-state index is 11.6. The first-order valence-electron chi connectivity index (χ1n) is 6.07. The lowest BCUT2D eigenvalue weighted by Crippen LogP contribution is -2.65. The molecule has 2 N–H and O–H groups in total. The minimum atomic E-state index is -0.824. The molecule has 0 unspecified atom stereocenters. The van der Waals surface area contributed by atoms with Crippen LogP contribution in [-0.4, -0.2) is 45.7 Å². The summed E-state index contributed by atoms with van der Waals surface area (Å²) in [4.78, 5) is 23.6. The van der Waals surface area contributed by atoms with Crippen molar-refractivity contribution in [3.05, 3.63) is 0 Å². The third-order valence-electron chi connectivity index (χ3n) is 3.39. The Bertz CT molecular complexity index is 295. The van der Waals surface area contributed by atoms with Crippen LogP contribution in [-0.2, 0) is 9.59 Å². The van der Waals surface area contributed by atoms with Gasteiger partial charge in [-0.3, -0.25) is 9.59 Å². The van der Waals surface area contributed by atoms with E-state index in [1.165, 1.54) is 0 Å². The number of hydrogen-bond acceptors (Lipinski definition) is 3. The lowest BCUT2D eigenvalue weighted by molar-refractivity contribution is -0.163. The molecule has 0 saturated carbocycles. The third-order valence-corrected chi connectivity index (χ3v) is 3.39. The molecule has 1 aliphatic heterocycles. The number of carboxylic acid groups (broad SMARTS) is 1. The lowest BCUT2D eigenvalue weighted by Gasteiger charge is -2.49. The number of β-amino-alcohol motifs (C(OH)–C–C–N with tert-alkyl or cyclic N) is 1. The zero-order chi connectivity index (χ0) is 13.1. The van der Waals surface area contributed by atoms with E-state index in [0.29, 0.717) is 32.4 Å². The lowest BCUT2D eigenvalue weighted by atomic mass is 9.83. The minimum Gasteiger partial charge on any atom is -0.481 e. The van der Waals surface area contributed by atoms with Crippen molar-refractivity contribution < 1.29 is 19.8 Å². The van der Waals surface area contributed by atoms with Crippen LogP contribution in [0.2, 0.25) is 0 Å². The van der Waals surface area contributed by atoms with Crippen LogP contribution in [0.3, 0.4) is 0 Å². The van der Waals surface area contributed by atoms with Crippen molar-refractivity contribution in [1.29, 1.82) is 0 Å². The number of aliphatic hydroxyl groups is 1. The fourth-order valence-corrected chi connectivity index (χ4v) is 1.87. The van der Waals surface area contributed by atoms with Gasteiger partial charge in [-0.15, -0.1) is 0 Å². The van der Waals surface area contributed by atoms with Crippen LogP contribution >= 0.6 is 0 Å². The maximum Gasteiger partial charge on any atom is 0.303 e. The van der Waals surface area contributed by atoms with Gasteiger partial charge in [-0.25, -0.2) is 0 Å². The van der Waals surface area contributed by atoms with E-state index in [2.05, 4.69) is 0 Å². The average molecular weight is 243 g/mol. The van der Waals surface area contributed by atoms with Gasteiger partial charge in [0.15, 0.2) is 0 Å². The standard InChI is InChI=1S/C12H21NO4/c1-9(2)12(17)7-13(8-12)10(14)5-3-4-6-11(15)16/h9,17H,3-8H2,1-2H3,(H,15,16). The van der Waals surface area contributed by atoms with Gasteiger partial charge in [0.1, 0.15) is 5.60 Å². The molecular formula is C12H21NO4. The quantitative estimate of drug-likeness (QED) is 0.678. The monoisotopic (exact) mass is 243 g/mol. The van der Waals surface area contributed by atoms with Crippen molar-refractivity contribution in [1.82, 2.24) is 4.90 Å². The summed E-state index contributed by atoms with van der Waals surface area (Å²) in [5.41, 5.74) is -0.725. The van der Waals surface area contributed by atoms with Crippen molar-refractivity contribution in [3.8, 4) is 0 Å². The van der Waals surface area contributed by atoms with E-state index in [1.54, 1.807) is 4.90 Å². The van der Waals surface area contributed by atoms with Crippen molar-refractivity contribution in [2.24, 2.45) is 5.92 Å². The molecular weight excluding hydrogens is 222 g/mol. The van der Waals surface area contributed by atoms with E-state index >= 15 is 0 Å². The predicted octanol–water partition coefficient (Wildman–Crippen LogP) is 0.861. The first-order valence-corrected chi connectivity index (χ1v) is 6.07. The van der Waals surface area contributed by atoms with Crippen LogP contribution in [0.15, 0.2) is 0 Å². The fraction of sp³-hybridized carbons (Fsp3) is 0.833. The number of nitrogens with zero attached hydrogens (tertiary/aromatic N) is 1. The molecule has 0 atom stereocenters. The number of amides is 1. The van der Waals surface area contributed by atoms with Crippen molar-refractivity contribution in [3.63, 3.8) is 0 Å². The average Bonchev–Trinajstić information content (AvgIpc) is 2.18. The van der Waals surface area contributed by atoms with Gasteiger partial charge >= 0.3 is 5.97 Å². The summed E-state index contributed by atoms with van der Waals surface area (Å²) < 4.78 is 0. The van der Waals surface area contributed by atoms with Gasteiger partial charge in [0.05, 0.1) is 13.1 Å². The zero-order valence-corrected chi connectivity index (χ0v) is 10.5. The number of hydrogen-bond donors (Lipinski definition) is 2. The van der Waals surface area contributed by atoms with Crippen LogP contribution in [0.1, 0.15) is 39.5 Å². The summed E-state index contributed by atoms with van der Waals surface area (Å²) in [6.45, 7) is 4.69. The zero-order valence-electron chi connectivity index (χ0n) is 10.5. The second-order valence-corrected chi connectivity index (χ2v) is 5.11. The molecule has 5 heteroatoms. The molecule has 1 heterocycles. The van der Waals surface area contributed by atoms with Crippen molar-refractivity contribution >= 4 is 11.9 Å². The summed E-state index contributed by atoms with van der Waals surface area (Å²) in [6.07, 6.45) is 1.62. The Labute approximate surface area is 101 Å².